The number of unbranched alkanes of at least 4 members (excludes halogenated alkanes) is 1. The standard InChI is InChI=1S/C8H14O2.Cr/c1-3-4-5-8(10)6-7(2)9;/h3-6H2,1-2H3;/q;+3. The maximum Gasteiger partial charge on any atom is 3.00 e. The number of carbonyl (C=O) groups is 2. The topological polar surface area (TPSA) is 34.1 Å². The summed E-state index contributed by atoms with van der Waals surface area (Å²) in [5.41, 5.74) is 0. The van der Waals surface area contributed by atoms with E-state index in [9.17, 15) is 9.59 Å². The van der Waals surface area contributed by atoms with Gasteiger partial charge in [-0.25, -0.2) is 0 Å². The van der Waals surface area contributed by atoms with Crippen molar-refractivity contribution >= 4 is 11.6 Å². The van der Waals surface area contributed by atoms with Gasteiger partial charge in [-0.2, -0.15) is 0 Å². The molecule has 0 saturated heterocycles. The molecule has 0 rings (SSSR count). The smallest absolute Gasteiger partial charge is 0.300 e. The molecule has 0 amide bonds. The van der Waals surface area contributed by atoms with Crippen LogP contribution in [0.5, 0.6) is 0 Å². The number of hydrogen-bond acceptors (Lipinski definition) is 2. The quantitative estimate of drug-likeness (QED) is 0.624. The van der Waals surface area contributed by atoms with Crippen molar-refractivity contribution in [3.8, 4) is 0 Å². The minimum atomic E-state index is -0.0268. The zero-order valence-electron chi connectivity index (χ0n) is 7.05. The molecule has 0 aliphatic rings. The van der Waals surface area contributed by atoms with Crippen LogP contribution in [0.3, 0.4) is 0 Å². The van der Waals surface area contributed by atoms with E-state index in [2.05, 4.69) is 0 Å². The molecule has 0 heterocycles. The van der Waals surface area contributed by atoms with Gasteiger partial charge in [-0.1, -0.05) is 13.3 Å². The van der Waals surface area contributed by atoms with Crippen molar-refractivity contribution in [2.24, 2.45) is 0 Å². The second-order valence-corrected chi connectivity index (χ2v) is 2.52. The maximum atomic E-state index is 10.8. The van der Waals surface area contributed by atoms with Gasteiger partial charge in [0.25, 0.3) is 0 Å². The van der Waals surface area contributed by atoms with Crippen molar-refractivity contribution < 1.29 is 27.0 Å². The van der Waals surface area contributed by atoms with Gasteiger partial charge in [0.05, 0.1) is 6.42 Å². The average molecular weight is 194 g/mol. The molecule has 11 heavy (non-hydrogen) atoms. The Morgan fingerprint density at radius 2 is 1.82 bits per heavy atom. The van der Waals surface area contributed by atoms with Gasteiger partial charge >= 0.3 is 17.4 Å². The normalized spacial score (nSPS) is 8.55. The van der Waals surface area contributed by atoms with Gasteiger partial charge in [-0.05, 0) is 13.3 Å². The van der Waals surface area contributed by atoms with Crippen LogP contribution in [-0.2, 0) is 27.0 Å². The van der Waals surface area contributed by atoms with Gasteiger partial charge in [0.1, 0.15) is 11.6 Å². The van der Waals surface area contributed by atoms with Crippen molar-refractivity contribution in [2.45, 2.75) is 39.5 Å². The van der Waals surface area contributed by atoms with Crippen molar-refractivity contribution in [3.63, 3.8) is 0 Å². The van der Waals surface area contributed by atoms with Crippen molar-refractivity contribution in [1.82, 2.24) is 0 Å². The summed E-state index contributed by atoms with van der Waals surface area (Å²) in [7, 11) is 0. The summed E-state index contributed by atoms with van der Waals surface area (Å²) >= 11 is 0. The Labute approximate surface area is 78.5 Å². The third kappa shape index (κ3) is 9.87. The Hall–Kier alpha value is -0.128. The maximum absolute atomic E-state index is 10.8. The van der Waals surface area contributed by atoms with Gasteiger partial charge in [-0.15, -0.1) is 0 Å². The molecule has 0 atom stereocenters. The Morgan fingerprint density at radius 3 is 2.18 bits per heavy atom. The van der Waals surface area contributed by atoms with E-state index in [-0.39, 0.29) is 35.3 Å². The monoisotopic (exact) mass is 194 g/mol. The van der Waals surface area contributed by atoms with Crippen LogP contribution in [0.25, 0.3) is 0 Å². The first-order valence-electron chi connectivity index (χ1n) is 3.68. The molecule has 0 N–H and O–H groups in total. The molecule has 61 valence electrons. The van der Waals surface area contributed by atoms with E-state index in [0.29, 0.717) is 6.42 Å². The van der Waals surface area contributed by atoms with E-state index in [1.54, 1.807) is 0 Å². The van der Waals surface area contributed by atoms with Crippen molar-refractivity contribution in [2.75, 3.05) is 0 Å². The molecule has 0 saturated carbocycles. The van der Waals surface area contributed by atoms with E-state index >= 15 is 0 Å². The first-order valence-corrected chi connectivity index (χ1v) is 3.68. The predicted molar refractivity (Wildman–Crippen MR) is 39.8 cm³/mol. The Morgan fingerprint density at radius 1 is 1.27 bits per heavy atom. The minimum absolute atomic E-state index is 0. The molecule has 0 aromatic carbocycles. The van der Waals surface area contributed by atoms with Crippen molar-refractivity contribution in [1.29, 1.82) is 0 Å². The van der Waals surface area contributed by atoms with Crippen LogP contribution in [-0.4, -0.2) is 11.6 Å². The largest absolute Gasteiger partial charge is 3.00 e. The van der Waals surface area contributed by atoms with E-state index in [4.69, 9.17) is 0 Å². The molecular formula is C8H14CrO2+3. The number of hydrogen-bond donors (Lipinski definition) is 0. The van der Waals surface area contributed by atoms with Gasteiger partial charge in [-0.3, -0.25) is 9.59 Å². The van der Waals surface area contributed by atoms with Crippen LogP contribution in [0, 0.1) is 0 Å². The Bertz CT molecular complexity index is 132. The van der Waals surface area contributed by atoms with E-state index in [1.165, 1.54) is 6.92 Å². The first kappa shape index (κ1) is 13.5. The number of rotatable bonds is 5. The molecule has 0 spiro atoms. The zero-order valence-corrected chi connectivity index (χ0v) is 8.33. The Balaban J connectivity index is 0. The van der Waals surface area contributed by atoms with E-state index in [1.807, 2.05) is 6.92 Å². The summed E-state index contributed by atoms with van der Waals surface area (Å²) in [5.74, 6) is 0.0513. The molecule has 0 fully saturated rings. The fraction of sp³-hybridized carbons (Fsp3) is 0.750. The van der Waals surface area contributed by atoms with Gasteiger partial charge in [0.15, 0.2) is 0 Å². The molecule has 0 bridgehead atoms. The van der Waals surface area contributed by atoms with Crippen LogP contribution in [0.2, 0.25) is 0 Å². The molecule has 2 nitrogen and oxygen atoms in total. The summed E-state index contributed by atoms with van der Waals surface area (Å²) in [6.07, 6.45) is 2.62. The molecule has 0 aliphatic heterocycles. The SMILES string of the molecule is CCCCC(=O)CC(C)=O.[Cr+3]. The summed E-state index contributed by atoms with van der Waals surface area (Å²) in [6.45, 7) is 3.48. The first-order chi connectivity index (χ1) is 4.66. The molecule has 0 aromatic rings. The molecular weight excluding hydrogens is 180 g/mol. The fourth-order valence-electron chi connectivity index (χ4n) is 0.740. The van der Waals surface area contributed by atoms with Gasteiger partial charge < -0.3 is 0 Å². The van der Waals surface area contributed by atoms with Gasteiger partial charge in [0.2, 0.25) is 0 Å². The third-order valence-electron chi connectivity index (χ3n) is 1.26. The van der Waals surface area contributed by atoms with Crippen LogP contribution >= 0.6 is 0 Å². The summed E-state index contributed by atoms with van der Waals surface area (Å²) < 4.78 is 0. The van der Waals surface area contributed by atoms with Crippen LogP contribution in [0.4, 0.5) is 0 Å². The van der Waals surface area contributed by atoms with Crippen LogP contribution in [0.1, 0.15) is 39.5 Å². The van der Waals surface area contributed by atoms with Crippen molar-refractivity contribution in [3.05, 3.63) is 0 Å². The number of ketones is 2. The Kier molecular flexibility index (Phi) is 9.76. The average Bonchev–Trinajstić information content (AvgIpc) is 1.82. The molecule has 0 aliphatic carbocycles. The molecule has 3 heteroatoms. The molecule has 0 unspecified atom stereocenters. The minimum Gasteiger partial charge on any atom is -0.300 e. The second kappa shape index (κ2) is 7.97. The third-order valence-corrected chi connectivity index (χ3v) is 1.26. The second-order valence-electron chi connectivity index (χ2n) is 2.52. The van der Waals surface area contributed by atoms with E-state index in [0.717, 1.165) is 12.8 Å². The molecule has 1 radical (unpaired) electrons. The van der Waals surface area contributed by atoms with Crippen LogP contribution < -0.4 is 0 Å². The van der Waals surface area contributed by atoms with E-state index < -0.39 is 0 Å². The number of carbonyl (C=O) groups excluding carboxylic acids is 2. The predicted octanol–water partition coefficient (Wildman–Crippen LogP) is 1.72. The number of Topliss-reactive ketones (excluding diaryl/α,β-unsaturated/α-hetero) is 2. The van der Waals surface area contributed by atoms with Gasteiger partial charge in [0, 0.05) is 6.42 Å². The molecule has 0 aromatic heterocycles. The fourth-order valence-corrected chi connectivity index (χ4v) is 0.740. The summed E-state index contributed by atoms with van der Waals surface area (Å²) in [4.78, 5) is 21.2. The summed E-state index contributed by atoms with van der Waals surface area (Å²) in [5, 5.41) is 0. The summed E-state index contributed by atoms with van der Waals surface area (Å²) in [6, 6.07) is 0. The van der Waals surface area contributed by atoms with Crippen LogP contribution in [0.15, 0.2) is 0 Å². The zero-order chi connectivity index (χ0) is 7.98.